The lowest BCUT2D eigenvalue weighted by molar-refractivity contribution is 0.354. The Bertz CT molecular complexity index is 329. The first-order valence-electron chi connectivity index (χ1n) is 5.25. The number of ether oxygens (including phenoxy) is 2. The minimum atomic E-state index is 0.000133. The van der Waals surface area contributed by atoms with E-state index in [4.69, 9.17) is 21.1 Å². The summed E-state index contributed by atoms with van der Waals surface area (Å²) in [5.41, 5.74) is 1.20. The number of methoxy groups -OCH3 is 2. The van der Waals surface area contributed by atoms with Crippen LogP contribution in [-0.4, -0.2) is 26.3 Å². The fourth-order valence-corrected chi connectivity index (χ4v) is 1.56. The van der Waals surface area contributed by atoms with Gasteiger partial charge in [-0.05, 0) is 31.0 Å². The second-order valence-electron chi connectivity index (χ2n) is 3.51. The molecule has 1 N–H and O–H groups in total. The zero-order valence-corrected chi connectivity index (χ0v) is 10.7. The molecule has 3 nitrogen and oxygen atoms in total. The molecule has 0 saturated heterocycles. The van der Waals surface area contributed by atoms with Crippen molar-refractivity contribution in [1.82, 2.24) is 5.32 Å². The van der Waals surface area contributed by atoms with Gasteiger partial charge in [0.1, 0.15) is 0 Å². The van der Waals surface area contributed by atoms with Crippen molar-refractivity contribution in [1.29, 1.82) is 0 Å². The van der Waals surface area contributed by atoms with Gasteiger partial charge in [0.2, 0.25) is 0 Å². The highest BCUT2D eigenvalue weighted by Gasteiger charge is 2.04. The van der Waals surface area contributed by atoms with E-state index in [0.29, 0.717) is 0 Å². The highest BCUT2D eigenvalue weighted by molar-refractivity contribution is 6.20. The van der Waals surface area contributed by atoms with Crippen LogP contribution in [-0.2, 0) is 6.42 Å². The third kappa shape index (κ3) is 3.91. The first kappa shape index (κ1) is 13.1. The zero-order chi connectivity index (χ0) is 12.0. The van der Waals surface area contributed by atoms with Crippen molar-refractivity contribution in [2.24, 2.45) is 0 Å². The van der Waals surface area contributed by atoms with Crippen LogP contribution in [0.5, 0.6) is 11.5 Å². The highest BCUT2D eigenvalue weighted by atomic mass is 35.5. The van der Waals surface area contributed by atoms with Crippen molar-refractivity contribution < 1.29 is 9.47 Å². The van der Waals surface area contributed by atoms with Crippen LogP contribution in [0.1, 0.15) is 12.5 Å². The molecule has 0 aliphatic carbocycles. The monoisotopic (exact) mass is 243 g/mol. The normalized spacial score (nSPS) is 12.2. The van der Waals surface area contributed by atoms with E-state index in [9.17, 15) is 0 Å². The number of benzene rings is 1. The quantitative estimate of drug-likeness (QED) is 0.615. The summed E-state index contributed by atoms with van der Waals surface area (Å²) in [5.74, 6) is 1.52. The smallest absolute Gasteiger partial charge is 0.160 e. The average molecular weight is 244 g/mol. The van der Waals surface area contributed by atoms with E-state index in [1.54, 1.807) is 14.2 Å². The fourth-order valence-electron chi connectivity index (χ4n) is 1.45. The van der Waals surface area contributed by atoms with Gasteiger partial charge in [-0.3, -0.25) is 0 Å². The number of nitrogens with one attached hydrogen (secondary N) is 1. The average Bonchev–Trinajstić information content (AvgIpc) is 2.28. The van der Waals surface area contributed by atoms with Crippen molar-refractivity contribution in [3.63, 3.8) is 0 Å². The molecular formula is C12H18ClNO2. The van der Waals surface area contributed by atoms with Gasteiger partial charge in [-0.15, -0.1) is 11.6 Å². The van der Waals surface area contributed by atoms with Crippen LogP contribution >= 0.6 is 11.6 Å². The maximum Gasteiger partial charge on any atom is 0.160 e. The SMILES string of the molecule is COc1ccc(CCNC(C)Cl)cc1OC. The minimum absolute atomic E-state index is 0.000133. The molecule has 0 radical (unpaired) electrons. The summed E-state index contributed by atoms with van der Waals surface area (Å²) in [6, 6.07) is 5.93. The van der Waals surface area contributed by atoms with E-state index in [-0.39, 0.29) is 5.50 Å². The summed E-state index contributed by atoms with van der Waals surface area (Å²) >= 11 is 5.79. The van der Waals surface area contributed by atoms with Crippen LogP contribution in [0.4, 0.5) is 0 Å². The van der Waals surface area contributed by atoms with Crippen molar-refractivity contribution >= 4 is 11.6 Å². The molecular weight excluding hydrogens is 226 g/mol. The molecule has 1 aromatic carbocycles. The van der Waals surface area contributed by atoms with Gasteiger partial charge in [0.15, 0.2) is 11.5 Å². The minimum Gasteiger partial charge on any atom is -0.493 e. The molecule has 4 heteroatoms. The second kappa shape index (κ2) is 6.61. The topological polar surface area (TPSA) is 30.5 Å². The first-order valence-corrected chi connectivity index (χ1v) is 5.69. The Morgan fingerprint density at radius 2 is 1.94 bits per heavy atom. The highest BCUT2D eigenvalue weighted by Crippen LogP contribution is 2.27. The lowest BCUT2D eigenvalue weighted by Crippen LogP contribution is -2.22. The van der Waals surface area contributed by atoms with E-state index in [0.717, 1.165) is 24.5 Å². The van der Waals surface area contributed by atoms with Crippen LogP contribution in [0.25, 0.3) is 0 Å². The molecule has 90 valence electrons. The largest absolute Gasteiger partial charge is 0.493 e. The molecule has 0 heterocycles. The zero-order valence-electron chi connectivity index (χ0n) is 9.92. The molecule has 0 fully saturated rings. The molecule has 0 amide bonds. The molecule has 0 bridgehead atoms. The van der Waals surface area contributed by atoms with Gasteiger partial charge >= 0.3 is 0 Å². The van der Waals surface area contributed by atoms with Gasteiger partial charge in [-0.2, -0.15) is 0 Å². The maximum atomic E-state index is 5.79. The summed E-state index contributed by atoms with van der Waals surface area (Å²) in [7, 11) is 3.27. The summed E-state index contributed by atoms with van der Waals surface area (Å²) in [5, 5.41) is 3.15. The molecule has 0 aliphatic rings. The summed E-state index contributed by atoms with van der Waals surface area (Å²) in [6.45, 7) is 2.76. The molecule has 0 aromatic heterocycles. The molecule has 1 atom stereocenters. The molecule has 0 aliphatic heterocycles. The Hall–Kier alpha value is -0.930. The molecule has 16 heavy (non-hydrogen) atoms. The van der Waals surface area contributed by atoms with E-state index in [1.807, 2.05) is 25.1 Å². The molecule has 1 unspecified atom stereocenters. The van der Waals surface area contributed by atoms with Crippen molar-refractivity contribution in [2.45, 2.75) is 18.8 Å². The lowest BCUT2D eigenvalue weighted by Gasteiger charge is -2.10. The molecule has 1 rings (SSSR count). The van der Waals surface area contributed by atoms with E-state index >= 15 is 0 Å². The van der Waals surface area contributed by atoms with Crippen LogP contribution in [0, 0.1) is 0 Å². The van der Waals surface area contributed by atoms with Gasteiger partial charge in [0.25, 0.3) is 0 Å². The maximum absolute atomic E-state index is 5.79. The van der Waals surface area contributed by atoms with Crippen molar-refractivity contribution in [2.75, 3.05) is 20.8 Å². The Kier molecular flexibility index (Phi) is 5.43. The Morgan fingerprint density at radius 3 is 2.50 bits per heavy atom. The predicted octanol–water partition coefficient (Wildman–Crippen LogP) is 2.42. The second-order valence-corrected chi connectivity index (χ2v) is 4.16. The van der Waals surface area contributed by atoms with Gasteiger partial charge in [0, 0.05) is 6.54 Å². The van der Waals surface area contributed by atoms with E-state index in [2.05, 4.69) is 5.32 Å². The van der Waals surface area contributed by atoms with Crippen LogP contribution < -0.4 is 14.8 Å². The van der Waals surface area contributed by atoms with Crippen LogP contribution in [0.3, 0.4) is 0 Å². The predicted molar refractivity (Wildman–Crippen MR) is 66.6 cm³/mol. The Labute approximate surface area is 102 Å². The van der Waals surface area contributed by atoms with Gasteiger partial charge in [-0.25, -0.2) is 0 Å². The van der Waals surface area contributed by atoms with Crippen molar-refractivity contribution in [3.8, 4) is 11.5 Å². The van der Waals surface area contributed by atoms with E-state index in [1.165, 1.54) is 5.56 Å². The van der Waals surface area contributed by atoms with Crippen LogP contribution in [0.2, 0.25) is 0 Å². The fraction of sp³-hybridized carbons (Fsp3) is 0.500. The summed E-state index contributed by atoms with van der Waals surface area (Å²) in [6.07, 6.45) is 0.914. The Morgan fingerprint density at radius 1 is 1.25 bits per heavy atom. The molecule has 1 aromatic rings. The third-order valence-electron chi connectivity index (χ3n) is 2.29. The number of rotatable bonds is 6. The van der Waals surface area contributed by atoms with E-state index < -0.39 is 0 Å². The molecule has 0 saturated carbocycles. The lowest BCUT2D eigenvalue weighted by atomic mass is 10.1. The molecule has 0 spiro atoms. The Balaban J connectivity index is 2.60. The van der Waals surface area contributed by atoms with Gasteiger partial charge in [0.05, 0.1) is 19.7 Å². The number of hydrogen-bond donors (Lipinski definition) is 1. The number of alkyl halides is 1. The van der Waals surface area contributed by atoms with Crippen LogP contribution in [0.15, 0.2) is 18.2 Å². The van der Waals surface area contributed by atoms with Crippen molar-refractivity contribution in [3.05, 3.63) is 23.8 Å². The van der Waals surface area contributed by atoms with Gasteiger partial charge < -0.3 is 14.8 Å². The standard InChI is InChI=1S/C12H18ClNO2/c1-9(13)14-7-6-10-4-5-11(15-2)12(8-10)16-3/h4-5,8-9,14H,6-7H2,1-3H3. The summed E-state index contributed by atoms with van der Waals surface area (Å²) < 4.78 is 10.4. The number of halogens is 1. The third-order valence-corrected chi connectivity index (χ3v) is 2.44. The number of hydrogen-bond acceptors (Lipinski definition) is 3. The van der Waals surface area contributed by atoms with Gasteiger partial charge in [-0.1, -0.05) is 6.07 Å². The summed E-state index contributed by atoms with van der Waals surface area (Å²) in [4.78, 5) is 0. The first-order chi connectivity index (χ1) is 7.67.